The monoisotopic (exact) mass is 267 g/mol. The molecule has 0 spiro atoms. The molecule has 102 valence electrons. The first-order chi connectivity index (χ1) is 9.77. The molecule has 20 heavy (non-hydrogen) atoms. The van der Waals surface area contributed by atoms with Crippen LogP contribution >= 0.6 is 0 Å². The maximum Gasteiger partial charge on any atom is 0.117 e. The van der Waals surface area contributed by atoms with Crippen molar-refractivity contribution in [3.63, 3.8) is 0 Å². The third-order valence-electron chi connectivity index (χ3n) is 3.48. The molecule has 1 heterocycles. The van der Waals surface area contributed by atoms with Gasteiger partial charge in [0, 0.05) is 0 Å². The highest BCUT2D eigenvalue weighted by atomic mass is 16.5. The number of hydrogen-bond donors (Lipinski definition) is 2. The summed E-state index contributed by atoms with van der Waals surface area (Å²) in [5.74, 6) is 0. The van der Waals surface area contributed by atoms with Crippen molar-refractivity contribution in [3.8, 4) is 0 Å². The van der Waals surface area contributed by atoms with Gasteiger partial charge in [-0.1, -0.05) is 60.7 Å². The fraction of sp³-hybridized carbons (Fsp3) is 0.188. The van der Waals surface area contributed by atoms with Gasteiger partial charge in [-0.25, -0.2) is 0 Å². The molecule has 0 saturated carbocycles. The van der Waals surface area contributed by atoms with E-state index in [-0.39, 0.29) is 12.2 Å². The summed E-state index contributed by atoms with van der Waals surface area (Å²) in [6.45, 7) is 1.88. The Balaban J connectivity index is 2.07. The summed E-state index contributed by atoms with van der Waals surface area (Å²) in [6, 6.07) is 19.6. The molecular weight excluding hydrogens is 250 g/mol. The predicted octanol–water partition coefficient (Wildman–Crippen LogP) is 2.77. The molecule has 1 aliphatic heterocycles. The van der Waals surface area contributed by atoms with Gasteiger partial charge >= 0.3 is 0 Å². The Hall–Kier alpha value is -2.17. The van der Waals surface area contributed by atoms with Crippen LogP contribution in [-0.4, -0.2) is 22.1 Å². The molecule has 0 saturated heterocycles. The number of hydrogen-bond acceptors (Lipinski definition) is 4. The van der Waals surface area contributed by atoms with Gasteiger partial charge < -0.3 is 5.21 Å². The highest BCUT2D eigenvalue weighted by Gasteiger charge is 2.32. The topological polar surface area (TPSA) is 47.9 Å². The lowest BCUT2D eigenvalue weighted by molar-refractivity contribution is -0.153. The molecule has 0 aromatic heterocycles. The zero-order valence-corrected chi connectivity index (χ0v) is 11.3. The maximum atomic E-state index is 10.4. The highest BCUT2D eigenvalue weighted by molar-refractivity contribution is 6.05. The van der Waals surface area contributed by atoms with E-state index < -0.39 is 0 Å². The molecule has 2 unspecified atom stereocenters. The summed E-state index contributed by atoms with van der Waals surface area (Å²) in [6.07, 6.45) is -0.229. The largest absolute Gasteiger partial charge is 0.311 e. The van der Waals surface area contributed by atoms with Gasteiger partial charge in [-0.05, 0) is 18.1 Å². The van der Waals surface area contributed by atoms with Crippen LogP contribution in [0.1, 0.15) is 24.1 Å². The molecule has 2 N–H and O–H groups in total. The quantitative estimate of drug-likeness (QED) is 0.879. The van der Waals surface area contributed by atoms with E-state index >= 15 is 0 Å². The lowest BCUT2D eigenvalue weighted by Gasteiger charge is -2.36. The van der Waals surface area contributed by atoms with Gasteiger partial charge in [-0.15, -0.1) is 0 Å². The van der Waals surface area contributed by atoms with E-state index in [1.807, 2.05) is 67.6 Å². The van der Waals surface area contributed by atoms with E-state index in [0.717, 1.165) is 16.8 Å². The molecule has 1 aliphatic rings. The lowest BCUT2D eigenvalue weighted by Crippen LogP contribution is -2.49. The average Bonchev–Trinajstić information content (AvgIpc) is 2.51. The molecule has 2 aromatic rings. The van der Waals surface area contributed by atoms with E-state index in [9.17, 15) is 5.21 Å². The number of nitrogens with one attached hydrogen (secondary N) is 1. The van der Waals surface area contributed by atoms with Crippen molar-refractivity contribution < 1.29 is 5.21 Å². The fourth-order valence-electron chi connectivity index (χ4n) is 2.41. The van der Waals surface area contributed by atoms with Gasteiger partial charge in [-0.2, -0.15) is 10.2 Å². The zero-order chi connectivity index (χ0) is 13.9. The van der Waals surface area contributed by atoms with Crippen molar-refractivity contribution in [2.75, 3.05) is 0 Å². The van der Waals surface area contributed by atoms with Crippen molar-refractivity contribution in [2.45, 2.75) is 19.1 Å². The standard InChI is InChI=1S/C16H17N3O/c1-12-17-18-15(13-8-4-2-5-9-13)16(19(12)20)14-10-6-3-7-11-14/h2-12,16-17,20H,1H3. The molecule has 0 aliphatic carbocycles. The third kappa shape index (κ3) is 2.31. The number of hydrazone groups is 1. The Labute approximate surface area is 118 Å². The molecular formula is C16H17N3O. The van der Waals surface area contributed by atoms with Crippen LogP contribution in [0.3, 0.4) is 0 Å². The van der Waals surface area contributed by atoms with E-state index in [0.29, 0.717) is 0 Å². The number of nitrogens with zero attached hydrogens (tertiary/aromatic N) is 2. The van der Waals surface area contributed by atoms with Crippen molar-refractivity contribution in [1.29, 1.82) is 0 Å². The average molecular weight is 267 g/mol. The Morgan fingerprint density at radius 2 is 1.60 bits per heavy atom. The van der Waals surface area contributed by atoms with E-state index in [1.54, 1.807) is 0 Å². The van der Waals surface area contributed by atoms with Crippen LogP contribution in [0.15, 0.2) is 65.8 Å². The summed E-state index contributed by atoms with van der Waals surface area (Å²) in [5, 5.41) is 16.2. The molecule has 0 radical (unpaired) electrons. The van der Waals surface area contributed by atoms with Gasteiger partial charge in [0.05, 0.1) is 5.71 Å². The van der Waals surface area contributed by atoms with Crippen molar-refractivity contribution in [2.24, 2.45) is 5.10 Å². The van der Waals surface area contributed by atoms with Crippen LogP contribution in [0.25, 0.3) is 0 Å². The van der Waals surface area contributed by atoms with Gasteiger partial charge in [-0.3, -0.25) is 5.43 Å². The van der Waals surface area contributed by atoms with Gasteiger partial charge in [0.15, 0.2) is 0 Å². The van der Waals surface area contributed by atoms with Crippen LogP contribution in [0.2, 0.25) is 0 Å². The van der Waals surface area contributed by atoms with Gasteiger partial charge in [0.1, 0.15) is 12.2 Å². The normalized spacial score (nSPS) is 23.0. The minimum absolute atomic E-state index is 0.229. The molecule has 4 nitrogen and oxygen atoms in total. The summed E-state index contributed by atoms with van der Waals surface area (Å²) >= 11 is 0. The molecule has 0 amide bonds. The Morgan fingerprint density at radius 1 is 1.00 bits per heavy atom. The van der Waals surface area contributed by atoms with E-state index in [4.69, 9.17) is 0 Å². The second-order valence-corrected chi connectivity index (χ2v) is 4.86. The minimum atomic E-state index is -0.269. The number of rotatable bonds is 2. The van der Waals surface area contributed by atoms with Crippen LogP contribution in [0.5, 0.6) is 0 Å². The fourth-order valence-corrected chi connectivity index (χ4v) is 2.41. The SMILES string of the molecule is CC1NN=C(c2ccccc2)C(c2ccccc2)N1O. The van der Waals surface area contributed by atoms with Crippen molar-refractivity contribution in [1.82, 2.24) is 10.5 Å². The second kappa shape index (κ2) is 5.45. The van der Waals surface area contributed by atoms with E-state index in [2.05, 4.69) is 10.5 Å². The maximum absolute atomic E-state index is 10.4. The summed E-state index contributed by atoms with van der Waals surface area (Å²) < 4.78 is 0. The number of hydroxylamine groups is 2. The molecule has 0 fully saturated rings. The van der Waals surface area contributed by atoms with E-state index in [1.165, 1.54) is 5.06 Å². The van der Waals surface area contributed by atoms with Gasteiger partial charge in [0.2, 0.25) is 0 Å². The summed E-state index contributed by atoms with van der Waals surface area (Å²) in [4.78, 5) is 0. The summed E-state index contributed by atoms with van der Waals surface area (Å²) in [7, 11) is 0. The molecule has 2 aromatic carbocycles. The molecule has 4 heteroatoms. The van der Waals surface area contributed by atoms with Crippen LogP contribution in [-0.2, 0) is 0 Å². The zero-order valence-electron chi connectivity index (χ0n) is 11.3. The van der Waals surface area contributed by atoms with Crippen LogP contribution in [0, 0.1) is 0 Å². The van der Waals surface area contributed by atoms with Crippen molar-refractivity contribution in [3.05, 3.63) is 71.8 Å². The predicted molar refractivity (Wildman–Crippen MR) is 78.4 cm³/mol. The smallest absolute Gasteiger partial charge is 0.117 e. The molecule has 0 bridgehead atoms. The van der Waals surface area contributed by atoms with Crippen LogP contribution in [0.4, 0.5) is 0 Å². The molecule has 2 atom stereocenters. The second-order valence-electron chi connectivity index (χ2n) is 4.86. The first-order valence-corrected chi connectivity index (χ1v) is 6.68. The lowest BCUT2D eigenvalue weighted by atomic mass is 9.95. The van der Waals surface area contributed by atoms with Gasteiger partial charge in [0.25, 0.3) is 0 Å². The first-order valence-electron chi connectivity index (χ1n) is 6.68. The Bertz CT molecular complexity index is 598. The Morgan fingerprint density at radius 3 is 2.25 bits per heavy atom. The highest BCUT2D eigenvalue weighted by Crippen LogP contribution is 2.28. The third-order valence-corrected chi connectivity index (χ3v) is 3.48. The Kier molecular flexibility index (Phi) is 3.50. The first kappa shape index (κ1) is 12.8. The van der Waals surface area contributed by atoms with Crippen LogP contribution < -0.4 is 5.43 Å². The molecule has 3 rings (SSSR count). The minimum Gasteiger partial charge on any atom is -0.311 e. The summed E-state index contributed by atoms with van der Waals surface area (Å²) in [5.41, 5.74) is 5.78. The van der Waals surface area contributed by atoms with Crippen molar-refractivity contribution >= 4 is 5.71 Å². The number of benzene rings is 2.